The van der Waals surface area contributed by atoms with E-state index in [-0.39, 0.29) is 18.0 Å². The zero-order valence-electron chi connectivity index (χ0n) is 14.0. The number of hydrogen-bond acceptors (Lipinski definition) is 4. The van der Waals surface area contributed by atoms with Crippen LogP contribution in [-0.2, 0) is 32.2 Å². The van der Waals surface area contributed by atoms with Crippen molar-refractivity contribution in [2.75, 3.05) is 6.61 Å². The second-order valence-corrected chi connectivity index (χ2v) is 6.02. The predicted molar refractivity (Wildman–Crippen MR) is 94.7 cm³/mol. The van der Waals surface area contributed by atoms with Crippen LogP contribution in [0.3, 0.4) is 0 Å². The van der Waals surface area contributed by atoms with Gasteiger partial charge < -0.3 is 14.2 Å². The largest absolute Gasteiger partial charge is 0.456 e. The van der Waals surface area contributed by atoms with Crippen molar-refractivity contribution in [2.45, 2.75) is 25.4 Å². The summed E-state index contributed by atoms with van der Waals surface area (Å²) in [5.41, 5.74) is 2.10. The maximum absolute atomic E-state index is 12.2. The molecule has 1 aliphatic heterocycles. The first-order valence-electron chi connectivity index (χ1n) is 8.38. The fraction of sp³-hybridized carbons (Fsp3) is 0.286. The van der Waals surface area contributed by atoms with Crippen LogP contribution < -0.4 is 0 Å². The van der Waals surface area contributed by atoms with Gasteiger partial charge in [0, 0.05) is 0 Å². The minimum atomic E-state index is -0.640. The van der Waals surface area contributed by atoms with Crippen molar-refractivity contribution in [1.29, 1.82) is 0 Å². The van der Waals surface area contributed by atoms with E-state index in [9.17, 15) is 4.79 Å². The first-order chi connectivity index (χ1) is 12.3. The molecule has 1 aliphatic rings. The SMILES string of the molecule is C=C[C@H]1OC(=O)[C@H](OCc2ccccc2)[C@@H]1COCc1ccccc1. The van der Waals surface area contributed by atoms with Crippen molar-refractivity contribution in [3.05, 3.63) is 84.4 Å². The molecule has 25 heavy (non-hydrogen) atoms. The van der Waals surface area contributed by atoms with Crippen LogP contribution in [0.5, 0.6) is 0 Å². The molecule has 0 saturated carbocycles. The summed E-state index contributed by atoms with van der Waals surface area (Å²) >= 11 is 0. The van der Waals surface area contributed by atoms with Gasteiger partial charge in [-0.2, -0.15) is 0 Å². The van der Waals surface area contributed by atoms with Crippen LogP contribution in [0, 0.1) is 5.92 Å². The van der Waals surface area contributed by atoms with E-state index >= 15 is 0 Å². The van der Waals surface area contributed by atoms with Crippen LogP contribution in [0.25, 0.3) is 0 Å². The molecule has 2 aromatic rings. The third kappa shape index (κ3) is 4.56. The van der Waals surface area contributed by atoms with Crippen molar-refractivity contribution in [2.24, 2.45) is 5.92 Å². The Morgan fingerprint density at radius 3 is 2.16 bits per heavy atom. The molecular formula is C21H22O4. The maximum Gasteiger partial charge on any atom is 0.336 e. The van der Waals surface area contributed by atoms with Crippen molar-refractivity contribution >= 4 is 5.97 Å². The van der Waals surface area contributed by atoms with E-state index in [1.807, 2.05) is 60.7 Å². The summed E-state index contributed by atoms with van der Waals surface area (Å²) in [4.78, 5) is 12.2. The van der Waals surface area contributed by atoms with Gasteiger partial charge in [0.25, 0.3) is 0 Å². The second-order valence-electron chi connectivity index (χ2n) is 6.02. The Balaban J connectivity index is 1.58. The molecule has 0 aliphatic carbocycles. The van der Waals surface area contributed by atoms with E-state index in [1.54, 1.807) is 6.08 Å². The second kappa shape index (κ2) is 8.60. The van der Waals surface area contributed by atoms with Gasteiger partial charge in [-0.1, -0.05) is 73.3 Å². The van der Waals surface area contributed by atoms with Gasteiger partial charge in [0.05, 0.1) is 25.7 Å². The van der Waals surface area contributed by atoms with Gasteiger partial charge in [0.2, 0.25) is 0 Å². The summed E-state index contributed by atoms with van der Waals surface area (Å²) in [7, 11) is 0. The lowest BCUT2D eigenvalue weighted by atomic mass is 9.99. The Bertz CT molecular complexity index is 684. The molecule has 3 atom stereocenters. The normalized spacial score (nSPS) is 22.6. The van der Waals surface area contributed by atoms with Crippen LogP contribution in [0.15, 0.2) is 73.3 Å². The van der Waals surface area contributed by atoms with Gasteiger partial charge in [-0.05, 0) is 11.1 Å². The molecule has 3 rings (SSSR count). The lowest BCUT2D eigenvalue weighted by Gasteiger charge is -2.19. The third-order valence-electron chi connectivity index (χ3n) is 4.22. The number of carbonyl (C=O) groups excluding carboxylic acids is 1. The molecule has 0 amide bonds. The van der Waals surface area contributed by atoms with Crippen molar-refractivity contribution in [3.63, 3.8) is 0 Å². The standard InChI is InChI=1S/C21H22O4/c1-2-19-18(15-23-13-16-9-5-3-6-10-16)20(21(22)25-19)24-14-17-11-7-4-8-12-17/h2-12,18-20H,1,13-15H2/t18-,19-,20-/m1/s1. The summed E-state index contributed by atoms with van der Waals surface area (Å²) in [5, 5.41) is 0. The van der Waals surface area contributed by atoms with E-state index < -0.39 is 6.10 Å². The molecule has 0 aromatic heterocycles. The number of hydrogen-bond donors (Lipinski definition) is 0. The minimum Gasteiger partial charge on any atom is -0.456 e. The van der Waals surface area contributed by atoms with Crippen LogP contribution in [-0.4, -0.2) is 24.8 Å². The smallest absolute Gasteiger partial charge is 0.336 e. The van der Waals surface area contributed by atoms with E-state index in [0.717, 1.165) is 11.1 Å². The maximum atomic E-state index is 12.2. The molecule has 130 valence electrons. The highest BCUT2D eigenvalue weighted by Gasteiger charge is 2.44. The topological polar surface area (TPSA) is 44.8 Å². The van der Waals surface area contributed by atoms with Crippen LogP contribution in [0.1, 0.15) is 11.1 Å². The van der Waals surface area contributed by atoms with E-state index in [2.05, 4.69) is 6.58 Å². The zero-order valence-corrected chi connectivity index (χ0v) is 14.0. The van der Waals surface area contributed by atoms with Crippen molar-refractivity contribution in [1.82, 2.24) is 0 Å². The van der Waals surface area contributed by atoms with Gasteiger partial charge in [-0.15, -0.1) is 0 Å². The van der Waals surface area contributed by atoms with Gasteiger partial charge in [-0.3, -0.25) is 0 Å². The molecule has 1 fully saturated rings. The van der Waals surface area contributed by atoms with Crippen LogP contribution in [0.2, 0.25) is 0 Å². The van der Waals surface area contributed by atoms with Crippen LogP contribution in [0.4, 0.5) is 0 Å². The monoisotopic (exact) mass is 338 g/mol. The molecule has 2 aromatic carbocycles. The summed E-state index contributed by atoms with van der Waals surface area (Å²) < 4.78 is 17.0. The number of ether oxygens (including phenoxy) is 3. The zero-order chi connectivity index (χ0) is 17.5. The average Bonchev–Trinajstić information content (AvgIpc) is 2.96. The molecule has 0 bridgehead atoms. The van der Waals surface area contributed by atoms with Gasteiger partial charge in [0.1, 0.15) is 6.10 Å². The Labute approximate surface area is 148 Å². The number of benzene rings is 2. The van der Waals surface area contributed by atoms with E-state index in [4.69, 9.17) is 14.2 Å². The van der Waals surface area contributed by atoms with Gasteiger partial charge in [0.15, 0.2) is 6.10 Å². The molecule has 0 spiro atoms. The Hall–Kier alpha value is -2.43. The first kappa shape index (κ1) is 17.4. The molecule has 4 heteroatoms. The lowest BCUT2D eigenvalue weighted by Crippen LogP contribution is -2.31. The first-order valence-corrected chi connectivity index (χ1v) is 8.38. The highest BCUT2D eigenvalue weighted by Crippen LogP contribution is 2.27. The quantitative estimate of drug-likeness (QED) is 0.546. The molecule has 0 unspecified atom stereocenters. The minimum absolute atomic E-state index is 0.197. The molecule has 0 N–H and O–H groups in total. The van der Waals surface area contributed by atoms with E-state index in [0.29, 0.717) is 19.8 Å². The molecule has 0 radical (unpaired) electrons. The Morgan fingerprint density at radius 1 is 0.960 bits per heavy atom. The average molecular weight is 338 g/mol. The third-order valence-corrected chi connectivity index (χ3v) is 4.22. The number of carbonyl (C=O) groups is 1. The molecular weight excluding hydrogens is 316 g/mol. The Morgan fingerprint density at radius 2 is 1.56 bits per heavy atom. The van der Waals surface area contributed by atoms with Gasteiger partial charge >= 0.3 is 5.97 Å². The van der Waals surface area contributed by atoms with Crippen molar-refractivity contribution in [3.8, 4) is 0 Å². The predicted octanol–water partition coefficient (Wildman–Crippen LogP) is 3.52. The highest BCUT2D eigenvalue weighted by molar-refractivity contribution is 5.78. The Kier molecular flexibility index (Phi) is 5.99. The lowest BCUT2D eigenvalue weighted by molar-refractivity contribution is -0.149. The van der Waals surface area contributed by atoms with E-state index in [1.165, 1.54) is 0 Å². The summed E-state index contributed by atoms with van der Waals surface area (Å²) in [5.74, 6) is -0.549. The number of cyclic esters (lactones) is 1. The van der Waals surface area contributed by atoms with Crippen LogP contribution >= 0.6 is 0 Å². The molecule has 1 heterocycles. The van der Waals surface area contributed by atoms with Crippen molar-refractivity contribution < 1.29 is 19.0 Å². The summed E-state index contributed by atoms with van der Waals surface area (Å²) in [6.07, 6.45) is 0.614. The molecule has 1 saturated heterocycles. The van der Waals surface area contributed by atoms with Gasteiger partial charge in [-0.25, -0.2) is 4.79 Å². The number of rotatable bonds is 8. The number of esters is 1. The highest BCUT2D eigenvalue weighted by atomic mass is 16.6. The molecule has 4 nitrogen and oxygen atoms in total. The fourth-order valence-corrected chi connectivity index (χ4v) is 2.88. The fourth-order valence-electron chi connectivity index (χ4n) is 2.88. The summed E-state index contributed by atoms with van der Waals surface area (Å²) in [6.45, 7) is 4.98. The summed E-state index contributed by atoms with van der Waals surface area (Å²) in [6, 6.07) is 19.7.